The summed E-state index contributed by atoms with van der Waals surface area (Å²) < 4.78 is 31.3. The van der Waals surface area contributed by atoms with Crippen molar-refractivity contribution >= 4 is 10.0 Å². The van der Waals surface area contributed by atoms with Crippen LogP contribution in [0.25, 0.3) is 0 Å². The van der Waals surface area contributed by atoms with Gasteiger partial charge in [0.05, 0.1) is 18.0 Å². The second-order valence-electron chi connectivity index (χ2n) is 4.94. The lowest BCUT2D eigenvalue weighted by Crippen LogP contribution is -2.45. The smallest absolute Gasteiger partial charge is 0.214 e. The molecule has 0 aromatic carbocycles. The molecule has 0 aromatic heterocycles. The molecule has 4 nitrogen and oxygen atoms in total. The van der Waals surface area contributed by atoms with Gasteiger partial charge in [-0.15, -0.1) is 0 Å². The summed E-state index contributed by atoms with van der Waals surface area (Å²) in [5, 5.41) is 0. The molecule has 2 heterocycles. The Balaban J connectivity index is 2.01. The van der Waals surface area contributed by atoms with Gasteiger partial charge in [0.1, 0.15) is 0 Å². The molecule has 2 rings (SSSR count). The Kier molecular flexibility index (Phi) is 3.56. The SMILES string of the molecule is CCCS(=O)(=O)N1CC[C@H]2O[C@H](C)C[C@@H]2C1. The van der Waals surface area contributed by atoms with Gasteiger partial charge in [-0.1, -0.05) is 6.92 Å². The maximum Gasteiger partial charge on any atom is 0.214 e. The van der Waals surface area contributed by atoms with Gasteiger partial charge in [-0.05, 0) is 26.2 Å². The molecular formula is C11H21NO3S. The quantitative estimate of drug-likeness (QED) is 0.753. The molecule has 94 valence electrons. The lowest BCUT2D eigenvalue weighted by molar-refractivity contribution is 0.0206. The molecule has 0 spiro atoms. The second kappa shape index (κ2) is 4.63. The molecule has 0 aliphatic carbocycles. The highest BCUT2D eigenvalue weighted by Gasteiger charge is 2.40. The van der Waals surface area contributed by atoms with Gasteiger partial charge in [-0.2, -0.15) is 0 Å². The average molecular weight is 247 g/mol. The van der Waals surface area contributed by atoms with E-state index in [9.17, 15) is 8.42 Å². The van der Waals surface area contributed by atoms with E-state index in [4.69, 9.17) is 4.74 Å². The van der Waals surface area contributed by atoms with Crippen LogP contribution in [0, 0.1) is 5.92 Å². The third-order valence-electron chi connectivity index (χ3n) is 3.52. The highest BCUT2D eigenvalue weighted by Crippen LogP contribution is 2.33. The minimum absolute atomic E-state index is 0.279. The van der Waals surface area contributed by atoms with E-state index in [2.05, 4.69) is 6.92 Å². The predicted molar refractivity (Wildman–Crippen MR) is 62.7 cm³/mol. The van der Waals surface area contributed by atoms with Crippen LogP contribution < -0.4 is 0 Å². The van der Waals surface area contributed by atoms with Crippen LogP contribution in [-0.4, -0.2) is 43.8 Å². The van der Waals surface area contributed by atoms with Crippen molar-refractivity contribution in [3.05, 3.63) is 0 Å². The van der Waals surface area contributed by atoms with E-state index >= 15 is 0 Å². The van der Waals surface area contributed by atoms with E-state index in [0.717, 1.165) is 12.8 Å². The number of nitrogens with zero attached hydrogens (tertiary/aromatic N) is 1. The first-order valence-corrected chi connectivity index (χ1v) is 7.77. The average Bonchev–Trinajstić information content (AvgIpc) is 2.56. The van der Waals surface area contributed by atoms with Crippen LogP contribution in [0.5, 0.6) is 0 Å². The van der Waals surface area contributed by atoms with E-state index in [1.54, 1.807) is 4.31 Å². The molecule has 2 saturated heterocycles. The van der Waals surface area contributed by atoms with Gasteiger partial charge in [0.25, 0.3) is 0 Å². The molecule has 0 bridgehead atoms. The largest absolute Gasteiger partial charge is 0.375 e. The van der Waals surface area contributed by atoms with Crippen molar-refractivity contribution < 1.29 is 13.2 Å². The van der Waals surface area contributed by atoms with E-state index in [-0.39, 0.29) is 5.75 Å². The van der Waals surface area contributed by atoms with Crippen LogP contribution in [0.3, 0.4) is 0 Å². The van der Waals surface area contributed by atoms with Crippen molar-refractivity contribution in [1.82, 2.24) is 4.31 Å². The fourth-order valence-electron chi connectivity index (χ4n) is 2.80. The summed E-state index contributed by atoms with van der Waals surface area (Å²) in [5.41, 5.74) is 0. The Morgan fingerprint density at radius 1 is 1.44 bits per heavy atom. The molecule has 0 radical (unpaired) electrons. The van der Waals surface area contributed by atoms with Crippen molar-refractivity contribution in [3.8, 4) is 0 Å². The summed E-state index contributed by atoms with van der Waals surface area (Å²) in [6.07, 6.45) is 3.15. The fraction of sp³-hybridized carbons (Fsp3) is 1.00. The van der Waals surface area contributed by atoms with Gasteiger partial charge >= 0.3 is 0 Å². The maximum atomic E-state index is 11.9. The molecule has 0 unspecified atom stereocenters. The normalized spacial score (nSPS) is 36.2. The highest BCUT2D eigenvalue weighted by molar-refractivity contribution is 7.89. The summed E-state index contributed by atoms with van der Waals surface area (Å²) in [6, 6.07) is 0. The Morgan fingerprint density at radius 3 is 2.88 bits per heavy atom. The van der Waals surface area contributed by atoms with Crippen molar-refractivity contribution in [1.29, 1.82) is 0 Å². The first-order valence-electron chi connectivity index (χ1n) is 6.16. The number of hydrogen-bond donors (Lipinski definition) is 0. The van der Waals surface area contributed by atoms with Crippen molar-refractivity contribution in [3.63, 3.8) is 0 Å². The molecule has 0 saturated carbocycles. The number of ether oxygens (including phenoxy) is 1. The van der Waals surface area contributed by atoms with Crippen LogP contribution in [-0.2, 0) is 14.8 Å². The highest BCUT2D eigenvalue weighted by atomic mass is 32.2. The minimum Gasteiger partial charge on any atom is -0.375 e. The topological polar surface area (TPSA) is 46.6 Å². The Bertz CT molecular complexity index is 341. The van der Waals surface area contributed by atoms with Crippen LogP contribution >= 0.6 is 0 Å². The zero-order chi connectivity index (χ0) is 11.8. The van der Waals surface area contributed by atoms with Crippen molar-refractivity contribution in [2.75, 3.05) is 18.8 Å². The lowest BCUT2D eigenvalue weighted by Gasteiger charge is -2.33. The number of hydrogen-bond acceptors (Lipinski definition) is 3. The lowest BCUT2D eigenvalue weighted by atomic mass is 9.94. The zero-order valence-electron chi connectivity index (χ0n) is 10.1. The van der Waals surface area contributed by atoms with Crippen LogP contribution in [0.15, 0.2) is 0 Å². The Hall–Kier alpha value is -0.130. The van der Waals surface area contributed by atoms with E-state index in [1.165, 1.54) is 0 Å². The van der Waals surface area contributed by atoms with Gasteiger partial charge in [-0.25, -0.2) is 12.7 Å². The predicted octanol–water partition coefficient (Wildman–Crippen LogP) is 1.23. The third kappa shape index (κ3) is 2.41. The van der Waals surface area contributed by atoms with Gasteiger partial charge in [0.15, 0.2) is 0 Å². The summed E-state index contributed by atoms with van der Waals surface area (Å²) in [4.78, 5) is 0. The van der Waals surface area contributed by atoms with Crippen molar-refractivity contribution in [2.45, 2.75) is 45.3 Å². The molecule has 2 aliphatic heterocycles. The Labute approximate surface area is 98.0 Å². The Morgan fingerprint density at radius 2 is 2.19 bits per heavy atom. The molecule has 0 N–H and O–H groups in total. The molecular weight excluding hydrogens is 226 g/mol. The molecule has 3 atom stereocenters. The fourth-order valence-corrected chi connectivity index (χ4v) is 4.38. The number of rotatable bonds is 3. The van der Waals surface area contributed by atoms with E-state index < -0.39 is 10.0 Å². The van der Waals surface area contributed by atoms with Crippen LogP contribution in [0.2, 0.25) is 0 Å². The third-order valence-corrected chi connectivity index (χ3v) is 5.57. The standard InChI is InChI=1S/C11H21NO3S/c1-3-6-16(13,14)12-5-4-11-10(8-12)7-9(2)15-11/h9-11H,3-8H2,1-2H3/t9-,10-,11-/m1/s1. The molecule has 5 heteroatoms. The number of fused-ring (bicyclic) bond motifs is 1. The van der Waals surface area contributed by atoms with Gasteiger partial charge in [0.2, 0.25) is 10.0 Å². The number of sulfonamides is 1. The first kappa shape index (κ1) is 12.3. The maximum absolute atomic E-state index is 11.9. The van der Waals surface area contributed by atoms with Crippen LogP contribution in [0.1, 0.15) is 33.1 Å². The summed E-state index contributed by atoms with van der Waals surface area (Å²) in [5.74, 6) is 0.691. The van der Waals surface area contributed by atoms with E-state index in [0.29, 0.717) is 37.6 Å². The monoisotopic (exact) mass is 247 g/mol. The molecule has 2 fully saturated rings. The first-order chi connectivity index (χ1) is 7.53. The second-order valence-corrected chi connectivity index (χ2v) is 7.03. The van der Waals surface area contributed by atoms with Gasteiger partial charge < -0.3 is 4.74 Å². The van der Waals surface area contributed by atoms with E-state index in [1.807, 2.05) is 6.92 Å². The summed E-state index contributed by atoms with van der Waals surface area (Å²) >= 11 is 0. The summed E-state index contributed by atoms with van der Waals surface area (Å²) in [6.45, 7) is 5.28. The molecule has 0 amide bonds. The minimum atomic E-state index is -3.01. The molecule has 16 heavy (non-hydrogen) atoms. The zero-order valence-corrected chi connectivity index (χ0v) is 10.9. The molecule has 0 aromatic rings. The van der Waals surface area contributed by atoms with Gasteiger partial charge in [-0.3, -0.25) is 0 Å². The van der Waals surface area contributed by atoms with Crippen molar-refractivity contribution in [2.24, 2.45) is 5.92 Å². The van der Waals surface area contributed by atoms with Gasteiger partial charge in [0, 0.05) is 19.0 Å². The molecule has 2 aliphatic rings. The number of piperidine rings is 1. The van der Waals surface area contributed by atoms with Crippen LogP contribution in [0.4, 0.5) is 0 Å². The summed E-state index contributed by atoms with van der Waals surface area (Å²) in [7, 11) is -3.01.